The molecule has 2 unspecified atom stereocenters. The molecule has 184 valence electrons. The molecule has 3 rings (SSSR count). The Morgan fingerprint density at radius 3 is 2.06 bits per heavy atom. The summed E-state index contributed by atoms with van der Waals surface area (Å²) < 4.78 is 15.7. The quantitative estimate of drug-likeness (QED) is 0.341. The van der Waals surface area contributed by atoms with Crippen LogP contribution in [0.15, 0.2) is 84.9 Å². The fourth-order valence-electron chi connectivity index (χ4n) is 3.55. The number of alkyl carbamates (subject to hydrolysis) is 1. The van der Waals surface area contributed by atoms with E-state index in [2.05, 4.69) is 17.4 Å². The first-order valence-corrected chi connectivity index (χ1v) is 12.5. The van der Waals surface area contributed by atoms with Crippen LogP contribution >= 0.6 is 11.8 Å². The molecule has 1 amide bonds. The minimum Gasteiger partial charge on any atom is -0.497 e. The summed E-state index contributed by atoms with van der Waals surface area (Å²) in [5.41, 5.74) is 3.13. The van der Waals surface area contributed by atoms with Gasteiger partial charge in [0.2, 0.25) is 0 Å². The number of thioether (sulfide) groups is 1. The molecular formula is C28H31NO5S. The fraction of sp³-hybridized carbons (Fsp3) is 0.286. The van der Waals surface area contributed by atoms with E-state index in [-0.39, 0.29) is 11.9 Å². The first kappa shape index (κ1) is 26.2. The fourth-order valence-corrected chi connectivity index (χ4v) is 4.80. The van der Waals surface area contributed by atoms with Crippen molar-refractivity contribution in [1.29, 1.82) is 0 Å². The summed E-state index contributed by atoms with van der Waals surface area (Å²) in [5, 5.41) is 2.52. The van der Waals surface area contributed by atoms with Crippen molar-refractivity contribution in [3.05, 3.63) is 102 Å². The lowest BCUT2D eigenvalue weighted by Gasteiger charge is -2.26. The lowest BCUT2D eigenvalue weighted by atomic mass is 10.0. The van der Waals surface area contributed by atoms with E-state index in [0.717, 1.165) is 28.9 Å². The van der Waals surface area contributed by atoms with E-state index >= 15 is 0 Å². The summed E-state index contributed by atoms with van der Waals surface area (Å²) in [6, 6.07) is 26.4. The normalized spacial score (nSPS) is 12.3. The zero-order chi connectivity index (χ0) is 24.9. The number of amides is 1. The Morgan fingerprint density at radius 2 is 1.46 bits per heavy atom. The van der Waals surface area contributed by atoms with E-state index < -0.39 is 18.1 Å². The molecule has 0 spiro atoms. The number of carbonyl (C=O) groups excluding carboxylic acids is 2. The molecule has 0 aliphatic heterocycles. The molecular weight excluding hydrogens is 462 g/mol. The van der Waals surface area contributed by atoms with Crippen molar-refractivity contribution in [2.75, 3.05) is 14.2 Å². The van der Waals surface area contributed by atoms with Crippen molar-refractivity contribution in [3.8, 4) is 5.75 Å². The van der Waals surface area contributed by atoms with Crippen molar-refractivity contribution >= 4 is 23.8 Å². The molecule has 3 aromatic rings. The van der Waals surface area contributed by atoms with Crippen molar-refractivity contribution < 1.29 is 23.8 Å². The van der Waals surface area contributed by atoms with Gasteiger partial charge in [0, 0.05) is 11.0 Å². The van der Waals surface area contributed by atoms with Crippen LogP contribution in [0.4, 0.5) is 4.79 Å². The van der Waals surface area contributed by atoms with Crippen LogP contribution in [0, 0.1) is 0 Å². The molecule has 0 bridgehead atoms. The van der Waals surface area contributed by atoms with Crippen LogP contribution in [0.1, 0.15) is 23.1 Å². The summed E-state index contributed by atoms with van der Waals surface area (Å²) in [4.78, 5) is 25.4. The van der Waals surface area contributed by atoms with Gasteiger partial charge in [0.05, 0.1) is 14.2 Å². The molecule has 0 aliphatic carbocycles. The average Bonchev–Trinajstić information content (AvgIpc) is 2.92. The second kappa shape index (κ2) is 14.1. The van der Waals surface area contributed by atoms with Crippen LogP contribution in [-0.4, -0.2) is 37.6 Å². The smallest absolute Gasteiger partial charge is 0.408 e. The number of ether oxygens (including phenoxy) is 3. The first-order chi connectivity index (χ1) is 17.1. The van der Waals surface area contributed by atoms with Crippen LogP contribution in [-0.2, 0) is 33.0 Å². The third-order valence-corrected chi connectivity index (χ3v) is 6.93. The Morgan fingerprint density at radius 1 is 0.829 bits per heavy atom. The number of aryl methyl sites for hydroxylation is 1. The number of nitrogens with one attached hydrogen (secondary N) is 1. The largest absolute Gasteiger partial charge is 0.497 e. The maximum Gasteiger partial charge on any atom is 0.408 e. The van der Waals surface area contributed by atoms with Crippen LogP contribution < -0.4 is 10.1 Å². The summed E-state index contributed by atoms with van der Waals surface area (Å²) in [6.07, 6.45) is 0.776. The number of benzene rings is 3. The SMILES string of the molecule is COC(=O)C(NC(=O)OCc1ccccc1)C(CCc1ccccc1)SCc1ccc(OC)cc1. The molecule has 0 heterocycles. The molecule has 35 heavy (non-hydrogen) atoms. The number of carbonyl (C=O) groups is 2. The molecule has 0 saturated carbocycles. The third kappa shape index (κ3) is 8.68. The van der Waals surface area contributed by atoms with E-state index in [1.54, 1.807) is 18.9 Å². The Hall–Kier alpha value is -3.45. The minimum absolute atomic E-state index is 0.119. The number of methoxy groups -OCH3 is 2. The Kier molecular flexibility index (Phi) is 10.5. The third-order valence-electron chi connectivity index (χ3n) is 5.50. The van der Waals surface area contributed by atoms with Gasteiger partial charge in [0.15, 0.2) is 0 Å². The highest BCUT2D eigenvalue weighted by atomic mass is 32.2. The van der Waals surface area contributed by atoms with E-state index in [0.29, 0.717) is 12.2 Å². The predicted molar refractivity (Wildman–Crippen MR) is 138 cm³/mol. The highest BCUT2D eigenvalue weighted by molar-refractivity contribution is 7.99. The molecule has 7 heteroatoms. The molecule has 0 saturated heterocycles. The molecule has 0 aromatic heterocycles. The summed E-state index contributed by atoms with van der Waals surface area (Å²) in [7, 11) is 2.96. The molecule has 0 fully saturated rings. The highest BCUT2D eigenvalue weighted by Crippen LogP contribution is 2.27. The van der Waals surface area contributed by atoms with Gasteiger partial charge >= 0.3 is 12.1 Å². The number of hydrogen-bond acceptors (Lipinski definition) is 6. The van der Waals surface area contributed by atoms with E-state index in [9.17, 15) is 9.59 Å². The standard InChI is InChI=1S/C28H31NO5S/c1-32-24-16-13-23(14-17-24)20-35-25(18-15-21-9-5-3-6-10-21)26(27(30)33-2)29-28(31)34-19-22-11-7-4-8-12-22/h3-14,16-17,25-26H,15,18-20H2,1-2H3,(H,29,31). The molecule has 0 radical (unpaired) electrons. The molecule has 3 aromatic carbocycles. The van der Waals surface area contributed by atoms with Gasteiger partial charge in [0.1, 0.15) is 18.4 Å². The number of hydrogen-bond donors (Lipinski definition) is 1. The molecule has 0 aliphatic rings. The average molecular weight is 494 g/mol. The van der Waals surface area contributed by atoms with Gasteiger partial charge in [-0.05, 0) is 41.7 Å². The van der Waals surface area contributed by atoms with Gasteiger partial charge in [0.25, 0.3) is 0 Å². The first-order valence-electron chi connectivity index (χ1n) is 11.4. The monoisotopic (exact) mass is 493 g/mol. The zero-order valence-corrected chi connectivity index (χ0v) is 20.8. The lowest BCUT2D eigenvalue weighted by molar-refractivity contribution is -0.143. The second-order valence-electron chi connectivity index (χ2n) is 7.93. The van der Waals surface area contributed by atoms with E-state index in [1.807, 2.05) is 72.8 Å². The van der Waals surface area contributed by atoms with Gasteiger partial charge in [-0.15, -0.1) is 0 Å². The van der Waals surface area contributed by atoms with Crippen LogP contribution in [0.3, 0.4) is 0 Å². The predicted octanol–water partition coefficient (Wildman–Crippen LogP) is 5.40. The minimum atomic E-state index is -0.852. The Bertz CT molecular complexity index is 1040. The van der Waals surface area contributed by atoms with Crippen LogP contribution in [0.2, 0.25) is 0 Å². The van der Waals surface area contributed by atoms with Gasteiger partial charge < -0.3 is 19.5 Å². The van der Waals surface area contributed by atoms with Crippen LogP contribution in [0.5, 0.6) is 5.75 Å². The maximum absolute atomic E-state index is 12.7. The molecule has 1 N–H and O–H groups in total. The van der Waals surface area contributed by atoms with Gasteiger partial charge in [-0.3, -0.25) is 0 Å². The zero-order valence-electron chi connectivity index (χ0n) is 20.0. The van der Waals surface area contributed by atoms with Crippen molar-refractivity contribution in [2.24, 2.45) is 0 Å². The summed E-state index contributed by atoms with van der Waals surface area (Å²) in [6.45, 7) is 0.119. The number of esters is 1. The molecule has 6 nitrogen and oxygen atoms in total. The van der Waals surface area contributed by atoms with Crippen molar-refractivity contribution in [2.45, 2.75) is 36.5 Å². The topological polar surface area (TPSA) is 73.9 Å². The molecule has 2 atom stereocenters. The second-order valence-corrected chi connectivity index (χ2v) is 9.16. The van der Waals surface area contributed by atoms with Crippen LogP contribution in [0.25, 0.3) is 0 Å². The Labute approximate surface area is 211 Å². The van der Waals surface area contributed by atoms with E-state index in [1.165, 1.54) is 7.11 Å². The maximum atomic E-state index is 12.7. The summed E-state index contributed by atoms with van der Waals surface area (Å²) >= 11 is 1.60. The Balaban J connectivity index is 1.70. The van der Waals surface area contributed by atoms with Gasteiger partial charge in [-0.2, -0.15) is 11.8 Å². The van der Waals surface area contributed by atoms with Crippen molar-refractivity contribution in [1.82, 2.24) is 5.32 Å². The van der Waals surface area contributed by atoms with Gasteiger partial charge in [-0.25, -0.2) is 9.59 Å². The number of rotatable bonds is 12. The van der Waals surface area contributed by atoms with Crippen molar-refractivity contribution in [3.63, 3.8) is 0 Å². The lowest BCUT2D eigenvalue weighted by Crippen LogP contribution is -2.48. The van der Waals surface area contributed by atoms with E-state index in [4.69, 9.17) is 14.2 Å². The summed E-state index contributed by atoms with van der Waals surface area (Å²) in [5.74, 6) is 0.953. The highest BCUT2D eigenvalue weighted by Gasteiger charge is 2.31. The van der Waals surface area contributed by atoms with Gasteiger partial charge in [-0.1, -0.05) is 72.8 Å².